The number of carbonyl (C=O) groups is 1. The fourth-order valence-corrected chi connectivity index (χ4v) is 1.97. The van der Waals surface area contributed by atoms with Crippen molar-refractivity contribution in [2.45, 2.75) is 0 Å². The monoisotopic (exact) mass is 298 g/mol. The Morgan fingerprint density at radius 3 is 2.52 bits per heavy atom. The molecule has 6 heteroatoms. The first kappa shape index (κ1) is 13.3. The Labute approximate surface area is 126 Å². The minimum atomic E-state index is -0.256. The summed E-state index contributed by atoms with van der Waals surface area (Å²) in [5, 5.41) is 10.3. The number of rotatable bonds is 3. The van der Waals surface area contributed by atoms with Crippen LogP contribution in [0, 0.1) is 0 Å². The maximum Gasteiger partial charge on any atom is 0.273 e. The van der Waals surface area contributed by atoms with Crippen LogP contribution in [0.2, 0.25) is 5.02 Å². The molecule has 3 aromatic rings. The van der Waals surface area contributed by atoms with Crippen LogP contribution in [0.4, 0.5) is 5.69 Å². The summed E-state index contributed by atoms with van der Waals surface area (Å²) in [5.74, 6) is -0.256. The highest BCUT2D eigenvalue weighted by Crippen LogP contribution is 2.20. The van der Waals surface area contributed by atoms with Gasteiger partial charge in [-0.05, 0) is 30.3 Å². The van der Waals surface area contributed by atoms with Crippen LogP contribution in [0.5, 0.6) is 0 Å². The third kappa shape index (κ3) is 3.09. The van der Waals surface area contributed by atoms with E-state index in [9.17, 15) is 4.79 Å². The van der Waals surface area contributed by atoms with E-state index in [0.717, 1.165) is 5.56 Å². The van der Waals surface area contributed by atoms with Crippen LogP contribution in [0.1, 0.15) is 10.5 Å². The third-order valence-electron chi connectivity index (χ3n) is 2.90. The third-order valence-corrected chi connectivity index (χ3v) is 3.15. The van der Waals surface area contributed by atoms with Gasteiger partial charge in [-0.1, -0.05) is 23.7 Å². The summed E-state index contributed by atoms with van der Waals surface area (Å²) in [4.78, 5) is 16.0. The van der Waals surface area contributed by atoms with Crippen LogP contribution in [0.3, 0.4) is 0 Å². The molecule has 0 spiro atoms. The first-order valence-corrected chi connectivity index (χ1v) is 6.63. The molecule has 0 aliphatic rings. The highest BCUT2D eigenvalue weighted by Gasteiger charge is 2.11. The van der Waals surface area contributed by atoms with Crippen molar-refractivity contribution in [3.63, 3.8) is 0 Å². The van der Waals surface area contributed by atoms with Gasteiger partial charge in [-0.2, -0.15) is 5.10 Å². The van der Waals surface area contributed by atoms with Crippen LogP contribution in [0.15, 0.2) is 54.9 Å². The van der Waals surface area contributed by atoms with Gasteiger partial charge in [-0.25, -0.2) is 0 Å². The summed E-state index contributed by atoms with van der Waals surface area (Å²) in [6.07, 6.45) is 3.23. The summed E-state index contributed by atoms with van der Waals surface area (Å²) >= 11 is 5.85. The van der Waals surface area contributed by atoms with Crippen molar-refractivity contribution in [1.82, 2.24) is 15.2 Å². The van der Waals surface area contributed by atoms with Gasteiger partial charge in [0.25, 0.3) is 5.91 Å². The van der Waals surface area contributed by atoms with E-state index in [-0.39, 0.29) is 5.91 Å². The number of hydrogen-bond acceptors (Lipinski definition) is 3. The number of nitrogens with one attached hydrogen (secondary N) is 2. The van der Waals surface area contributed by atoms with Gasteiger partial charge in [0, 0.05) is 28.7 Å². The lowest BCUT2D eigenvalue weighted by atomic mass is 10.1. The maximum absolute atomic E-state index is 12.1. The molecule has 2 heterocycles. The van der Waals surface area contributed by atoms with E-state index >= 15 is 0 Å². The van der Waals surface area contributed by atoms with Gasteiger partial charge >= 0.3 is 0 Å². The number of anilines is 1. The molecule has 0 unspecified atom stereocenters. The van der Waals surface area contributed by atoms with E-state index in [1.165, 1.54) is 0 Å². The molecule has 2 N–H and O–H groups in total. The molecule has 3 rings (SSSR count). The van der Waals surface area contributed by atoms with E-state index in [0.29, 0.717) is 22.1 Å². The molecule has 0 atom stereocenters. The average Bonchev–Trinajstić information content (AvgIpc) is 2.99. The van der Waals surface area contributed by atoms with Crippen molar-refractivity contribution in [2.75, 3.05) is 5.32 Å². The summed E-state index contributed by atoms with van der Waals surface area (Å²) < 4.78 is 0. The quantitative estimate of drug-likeness (QED) is 0.778. The number of nitrogens with zero attached hydrogens (tertiary/aromatic N) is 2. The number of hydrogen-bond donors (Lipinski definition) is 2. The van der Waals surface area contributed by atoms with Gasteiger partial charge in [-0.3, -0.25) is 14.9 Å². The molecule has 5 nitrogen and oxygen atoms in total. The number of carbonyl (C=O) groups excluding carboxylic acids is 1. The predicted molar refractivity (Wildman–Crippen MR) is 81.2 cm³/mol. The number of amides is 1. The lowest BCUT2D eigenvalue weighted by Crippen LogP contribution is -2.12. The molecule has 1 amide bonds. The first-order valence-electron chi connectivity index (χ1n) is 6.25. The lowest BCUT2D eigenvalue weighted by molar-refractivity contribution is 0.102. The van der Waals surface area contributed by atoms with Crippen molar-refractivity contribution < 1.29 is 4.79 Å². The Kier molecular flexibility index (Phi) is 3.66. The van der Waals surface area contributed by atoms with E-state index in [2.05, 4.69) is 20.5 Å². The second-order valence-electron chi connectivity index (χ2n) is 4.36. The number of aromatic nitrogens is 3. The SMILES string of the molecule is O=C(Nc1ccncc1)c1cc(-c2ccc(Cl)cc2)n[nH]1. The molecule has 0 fully saturated rings. The van der Waals surface area contributed by atoms with Crippen LogP contribution in [-0.4, -0.2) is 21.1 Å². The van der Waals surface area contributed by atoms with E-state index in [4.69, 9.17) is 11.6 Å². The van der Waals surface area contributed by atoms with Crippen LogP contribution in [-0.2, 0) is 0 Å². The molecule has 21 heavy (non-hydrogen) atoms. The number of halogens is 1. The summed E-state index contributed by atoms with van der Waals surface area (Å²) in [7, 11) is 0. The van der Waals surface area contributed by atoms with E-state index < -0.39 is 0 Å². The smallest absolute Gasteiger partial charge is 0.273 e. The second-order valence-corrected chi connectivity index (χ2v) is 4.80. The summed E-state index contributed by atoms with van der Waals surface area (Å²) in [6.45, 7) is 0. The Balaban J connectivity index is 1.78. The fourth-order valence-electron chi connectivity index (χ4n) is 1.84. The topological polar surface area (TPSA) is 70.7 Å². The molecule has 0 aliphatic carbocycles. The van der Waals surface area contributed by atoms with Crippen molar-refractivity contribution in [3.05, 3.63) is 65.6 Å². The number of benzene rings is 1. The number of H-pyrrole nitrogens is 1. The zero-order valence-electron chi connectivity index (χ0n) is 10.9. The van der Waals surface area contributed by atoms with Crippen molar-refractivity contribution >= 4 is 23.2 Å². The highest BCUT2D eigenvalue weighted by molar-refractivity contribution is 6.30. The number of aromatic amines is 1. The van der Waals surface area contributed by atoms with E-state index in [1.807, 2.05) is 12.1 Å². The van der Waals surface area contributed by atoms with E-state index in [1.54, 1.807) is 42.7 Å². The van der Waals surface area contributed by atoms with Crippen LogP contribution >= 0.6 is 11.6 Å². The van der Waals surface area contributed by atoms with Crippen molar-refractivity contribution in [3.8, 4) is 11.3 Å². The number of pyridine rings is 1. The summed E-state index contributed by atoms with van der Waals surface area (Å²) in [5.41, 5.74) is 2.64. The summed E-state index contributed by atoms with van der Waals surface area (Å²) in [6, 6.07) is 12.4. The minimum Gasteiger partial charge on any atom is -0.321 e. The molecule has 0 bridgehead atoms. The first-order chi connectivity index (χ1) is 10.2. The Morgan fingerprint density at radius 1 is 1.10 bits per heavy atom. The molecule has 104 valence electrons. The van der Waals surface area contributed by atoms with Gasteiger partial charge in [0.05, 0.1) is 5.69 Å². The molecule has 2 aromatic heterocycles. The maximum atomic E-state index is 12.1. The standard InChI is InChI=1S/C15H11ClN4O/c16-11-3-1-10(2-4-11)13-9-14(20-19-13)15(21)18-12-5-7-17-8-6-12/h1-9H,(H,19,20)(H,17,18,21). The molecule has 0 saturated heterocycles. The molecule has 0 aliphatic heterocycles. The van der Waals surface area contributed by atoms with Crippen molar-refractivity contribution in [1.29, 1.82) is 0 Å². The normalized spacial score (nSPS) is 10.3. The zero-order valence-corrected chi connectivity index (χ0v) is 11.6. The van der Waals surface area contributed by atoms with Crippen LogP contribution < -0.4 is 5.32 Å². The minimum absolute atomic E-state index is 0.256. The molecular weight excluding hydrogens is 288 g/mol. The Morgan fingerprint density at radius 2 is 1.81 bits per heavy atom. The Bertz CT molecular complexity index is 753. The zero-order chi connectivity index (χ0) is 14.7. The molecule has 0 radical (unpaired) electrons. The van der Waals surface area contributed by atoms with Crippen LogP contribution in [0.25, 0.3) is 11.3 Å². The van der Waals surface area contributed by atoms with Crippen molar-refractivity contribution in [2.24, 2.45) is 0 Å². The van der Waals surface area contributed by atoms with Gasteiger partial charge in [0.2, 0.25) is 0 Å². The predicted octanol–water partition coefficient (Wildman–Crippen LogP) is 3.38. The molecular formula is C15H11ClN4O. The fraction of sp³-hybridized carbons (Fsp3) is 0. The Hall–Kier alpha value is -2.66. The van der Waals surface area contributed by atoms with Gasteiger partial charge in [0.1, 0.15) is 5.69 Å². The average molecular weight is 299 g/mol. The molecule has 0 saturated carbocycles. The second kappa shape index (κ2) is 5.76. The van der Waals surface area contributed by atoms with Gasteiger partial charge < -0.3 is 5.32 Å². The van der Waals surface area contributed by atoms with Gasteiger partial charge in [0.15, 0.2) is 0 Å². The largest absolute Gasteiger partial charge is 0.321 e. The highest BCUT2D eigenvalue weighted by atomic mass is 35.5. The molecule has 1 aromatic carbocycles. The lowest BCUT2D eigenvalue weighted by Gasteiger charge is -2.01. The van der Waals surface area contributed by atoms with Gasteiger partial charge in [-0.15, -0.1) is 0 Å².